The van der Waals surface area contributed by atoms with Gasteiger partial charge in [0.25, 0.3) is 0 Å². The van der Waals surface area contributed by atoms with Gasteiger partial charge in [0.2, 0.25) is 21.8 Å². The Kier molecular flexibility index (Phi) is 12.2. The van der Waals surface area contributed by atoms with Gasteiger partial charge in [0.15, 0.2) is 0 Å². The highest BCUT2D eigenvalue weighted by atomic mass is 35.5. The van der Waals surface area contributed by atoms with Gasteiger partial charge in [0.1, 0.15) is 11.9 Å². The van der Waals surface area contributed by atoms with Gasteiger partial charge in [-0.15, -0.1) is 0 Å². The smallest absolute Gasteiger partial charge is 0.243 e. The van der Waals surface area contributed by atoms with E-state index in [1.54, 1.807) is 18.2 Å². The average molecular weight is 637 g/mol. The second-order valence-corrected chi connectivity index (χ2v) is 13.3. The predicted octanol–water partition coefficient (Wildman–Crippen LogP) is 6.09. The molecule has 1 N–H and O–H groups in total. The summed E-state index contributed by atoms with van der Waals surface area (Å²) in [5.41, 5.74) is 1.87. The number of carbonyl (C=O) groups is 2. The second kappa shape index (κ2) is 15.4. The molecule has 0 aliphatic carbocycles. The molecule has 0 radical (unpaired) electrons. The van der Waals surface area contributed by atoms with Crippen molar-refractivity contribution < 1.29 is 22.4 Å². The number of hydrogen-bond acceptors (Lipinski definition) is 4. The summed E-state index contributed by atoms with van der Waals surface area (Å²) in [6.07, 6.45) is 1.48. The zero-order chi connectivity index (χ0) is 30.9. The Morgan fingerprint density at radius 3 is 2.19 bits per heavy atom. The largest absolute Gasteiger partial charge is 0.354 e. The number of anilines is 1. The summed E-state index contributed by atoms with van der Waals surface area (Å²) in [5, 5.41) is 3.66. The molecule has 2 amide bonds. The molecule has 0 spiro atoms. The van der Waals surface area contributed by atoms with Crippen LogP contribution in [-0.2, 0) is 32.6 Å². The number of hydrogen-bond donors (Lipinski definition) is 1. The summed E-state index contributed by atoms with van der Waals surface area (Å²) in [4.78, 5) is 28.9. The van der Waals surface area contributed by atoms with Crippen LogP contribution in [0.15, 0.2) is 72.8 Å². The summed E-state index contributed by atoms with van der Waals surface area (Å²) in [7, 11) is -3.70. The number of benzene rings is 3. The molecule has 42 heavy (non-hydrogen) atoms. The van der Waals surface area contributed by atoms with Crippen LogP contribution in [-0.4, -0.2) is 50.5 Å². The van der Waals surface area contributed by atoms with Crippen LogP contribution in [0.4, 0.5) is 10.1 Å². The van der Waals surface area contributed by atoms with E-state index < -0.39 is 21.9 Å². The van der Waals surface area contributed by atoms with Crippen LogP contribution >= 0.6 is 23.2 Å². The highest BCUT2D eigenvalue weighted by Crippen LogP contribution is 2.25. The minimum Gasteiger partial charge on any atom is -0.354 e. The fourth-order valence-electron chi connectivity index (χ4n) is 4.42. The Hall–Kier alpha value is -3.14. The van der Waals surface area contributed by atoms with Crippen molar-refractivity contribution >= 4 is 50.7 Å². The Balaban J connectivity index is 1.90. The fourth-order valence-corrected chi connectivity index (χ4v) is 5.71. The third kappa shape index (κ3) is 10.00. The van der Waals surface area contributed by atoms with Crippen LogP contribution in [0.2, 0.25) is 10.0 Å². The first-order valence-electron chi connectivity index (χ1n) is 13.6. The molecular formula is C31H36Cl2FN3O4S. The number of carbonyl (C=O) groups excluding carboxylic acids is 2. The van der Waals surface area contributed by atoms with Gasteiger partial charge in [0.05, 0.1) is 22.0 Å². The molecule has 0 heterocycles. The van der Waals surface area contributed by atoms with Gasteiger partial charge in [-0.1, -0.05) is 73.4 Å². The molecule has 226 valence electrons. The second-order valence-electron chi connectivity index (χ2n) is 10.5. The van der Waals surface area contributed by atoms with E-state index in [2.05, 4.69) is 5.32 Å². The molecule has 0 aliphatic rings. The summed E-state index contributed by atoms with van der Waals surface area (Å²) in [5.74, 6) is -0.890. The molecular weight excluding hydrogens is 600 g/mol. The highest BCUT2D eigenvalue weighted by Gasteiger charge is 2.30. The molecule has 1 atom stereocenters. The van der Waals surface area contributed by atoms with Gasteiger partial charge in [-0.25, -0.2) is 12.8 Å². The number of halogens is 3. The predicted molar refractivity (Wildman–Crippen MR) is 167 cm³/mol. The van der Waals surface area contributed by atoms with Gasteiger partial charge in [-0.3, -0.25) is 13.9 Å². The molecule has 0 bridgehead atoms. The van der Waals surface area contributed by atoms with Crippen molar-refractivity contribution in [3.63, 3.8) is 0 Å². The molecule has 3 aromatic carbocycles. The van der Waals surface area contributed by atoms with Crippen molar-refractivity contribution in [2.24, 2.45) is 5.92 Å². The van der Waals surface area contributed by atoms with Crippen molar-refractivity contribution in [2.75, 3.05) is 23.7 Å². The quantitative estimate of drug-likeness (QED) is 0.232. The summed E-state index contributed by atoms with van der Waals surface area (Å²) >= 11 is 12.4. The lowest BCUT2D eigenvalue weighted by Crippen LogP contribution is -2.51. The van der Waals surface area contributed by atoms with E-state index in [9.17, 15) is 22.4 Å². The molecule has 0 aliphatic heterocycles. The van der Waals surface area contributed by atoms with Crippen LogP contribution in [0.25, 0.3) is 0 Å². The first kappa shape index (κ1) is 33.4. The van der Waals surface area contributed by atoms with Crippen LogP contribution in [0, 0.1) is 11.7 Å². The third-order valence-corrected chi connectivity index (χ3v) is 8.49. The molecule has 3 rings (SSSR count). The Bertz CT molecular complexity index is 1450. The van der Waals surface area contributed by atoms with E-state index in [4.69, 9.17) is 23.2 Å². The van der Waals surface area contributed by atoms with Crippen LogP contribution in [0.3, 0.4) is 0 Å². The summed E-state index contributed by atoms with van der Waals surface area (Å²) in [6, 6.07) is 18.8. The van der Waals surface area contributed by atoms with E-state index in [0.717, 1.165) is 16.1 Å². The molecule has 0 saturated carbocycles. The van der Waals surface area contributed by atoms with Gasteiger partial charge < -0.3 is 10.2 Å². The number of amides is 2. The van der Waals surface area contributed by atoms with E-state index >= 15 is 0 Å². The number of nitrogens with zero attached hydrogens (tertiary/aromatic N) is 2. The maximum absolute atomic E-state index is 13.9. The number of rotatable bonds is 14. The lowest BCUT2D eigenvalue weighted by atomic mass is 10.0. The lowest BCUT2D eigenvalue weighted by molar-refractivity contribution is -0.141. The lowest BCUT2D eigenvalue weighted by Gasteiger charge is -2.32. The minimum absolute atomic E-state index is 0.000281. The molecule has 1 unspecified atom stereocenters. The summed E-state index contributed by atoms with van der Waals surface area (Å²) in [6.45, 7) is 4.51. The van der Waals surface area contributed by atoms with Crippen LogP contribution in [0.5, 0.6) is 0 Å². The van der Waals surface area contributed by atoms with Crippen molar-refractivity contribution in [1.29, 1.82) is 0 Å². The van der Waals surface area contributed by atoms with Gasteiger partial charge >= 0.3 is 0 Å². The topological polar surface area (TPSA) is 86.8 Å². The Labute approximate surface area is 257 Å². The van der Waals surface area contributed by atoms with Crippen molar-refractivity contribution in [2.45, 2.75) is 45.7 Å². The molecule has 7 nitrogen and oxygen atoms in total. The maximum atomic E-state index is 13.9. The van der Waals surface area contributed by atoms with E-state index in [-0.39, 0.29) is 50.1 Å². The van der Waals surface area contributed by atoms with Gasteiger partial charge in [-0.05, 0) is 59.9 Å². The molecule has 0 fully saturated rings. The Morgan fingerprint density at radius 1 is 0.929 bits per heavy atom. The molecule has 0 aromatic heterocycles. The first-order valence-corrected chi connectivity index (χ1v) is 16.2. The van der Waals surface area contributed by atoms with E-state index in [1.165, 1.54) is 29.2 Å². The molecule has 0 saturated heterocycles. The number of sulfonamides is 1. The van der Waals surface area contributed by atoms with Crippen molar-refractivity contribution in [3.05, 3.63) is 99.8 Å². The monoisotopic (exact) mass is 635 g/mol. The molecule has 11 heteroatoms. The zero-order valence-corrected chi connectivity index (χ0v) is 26.2. The normalized spacial score (nSPS) is 12.2. The van der Waals surface area contributed by atoms with Crippen LogP contribution < -0.4 is 9.62 Å². The fraction of sp³-hybridized carbons (Fsp3) is 0.355. The van der Waals surface area contributed by atoms with Crippen molar-refractivity contribution in [3.8, 4) is 0 Å². The first-order chi connectivity index (χ1) is 19.8. The van der Waals surface area contributed by atoms with Crippen LogP contribution in [0.1, 0.15) is 37.8 Å². The minimum atomic E-state index is -3.70. The number of nitrogens with one attached hydrogen (secondary N) is 1. The molecule has 3 aromatic rings. The van der Waals surface area contributed by atoms with E-state index in [0.29, 0.717) is 27.8 Å². The Morgan fingerprint density at radius 2 is 1.60 bits per heavy atom. The standard InChI is InChI=1S/C31H36Cl2FN3O4S/c1-22(2)20-35-31(39)29(19-23-8-5-4-6-9-23)36(21-24-11-16-27(32)28(33)18-24)30(38)10-7-17-37(42(3,40)41)26-14-12-25(34)13-15-26/h4-6,8-9,11-16,18,22,29H,7,10,17,19-21H2,1-3H3,(H,35,39). The van der Waals surface area contributed by atoms with Gasteiger partial charge in [0, 0.05) is 32.5 Å². The zero-order valence-electron chi connectivity index (χ0n) is 23.9. The van der Waals surface area contributed by atoms with Gasteiger partial charge in [-0.2, -0.15) is 0 Å². The SMILES string of the molecule is CC(C)CNC(=O)C(Cc1ccccc1)N(Cc1ccc(Cl)c(Cl)c1)C(=O)CCCN(c1ccc(F)cc1)S(C)(=O)=O. The maximum Gasteiger partial charge on any atom is 0.243 e. The summed E-state index contributed by atoms with van der Waals surface area (Å²) < 4.78 is 39.6. The van der Waals surface area contributed by atoms with Crippen molar-refractivity contribution in [1.82, 2.24) is 10.2 Å². The van der Waals surface area contributed by atoms with E-state index in [1.807, 2.05) is 44.2 Å². The average Bonchev–Trinajstić information content (AvgIpc) is 2.94. The third-order valence-electron chi connectivity index (χ3n) is 6.56. The highest BCUT2D eigenvalue weighted by molar-refractivity contribution is 7.92.